The van der Waals surface area contributed by atoms with Crippen LogP contribution in [0.5, 0.6) is 0 Å². The maximum Gasteiger partial charge on any atom is 0.338 e. The van der Waals surface area contributed by atoms with Gasteiger partial charge in [0.1, 0.15) is 0 Å². The Hall–Kier alpha value is -1.36. The first-order valence-electron chi connectivity index (χ1n) is 7.22. The van der Waals surface area contributed by atoms with Crippen LogP contribution >= 0.6 is 92.8 Å². The predicted octanol–water partition coefficient (Wildman–Crippen LogP) is 7.39. The monoisotopic (exact) mass is 604 g/mol. The molecule has 0 aliphatic heterocycles. The summed E-state index contributed by atoms with van der Waals surface area (Å²) >= 11 is 44.8. The lowest BCUT2D eigenvalue weighted by atomic mass is 10.1. The van der Waals surface area contributed by atoms with E-state index in [1.54, 1.807) is 0 Å². The number of rotatable bonds is 4. The van der Waals surface area contributed by atoms with Crippen LogP contribution in [-0.2, 0) is 0 Å². The summed E-state index contributed by atoms with van der Waals surface area (Å²) in [5.41, 5.74) is -2.10. The minimum Gasteiger partial charge on any atom is -0.478 e. The van der Waals surface area contributed by atoms with Gasteiger partial charge < -0.3 is 20.4 Å². The summed E-state index contributed by atoms with van der Waals surface area (Å²) in [5, 5.41) is 31.5. The van der Waals surface area contributed by atoms with E-state index in [0.29, 0.717) is 0 Å². The lowest BCUT2D eigenvalue weighted by Crippen LogP contribution is -2.06. The van der Waals surface area contributed by atoms with E-state index in [0.717, 1.165) is 0 Å². The molecule has 2 aromatic carbocycles. The molecule has 0 bridgehead atoms. The van der Waals surface area contributed by atoms with Crippen LogP contribution in [0.25, 0.3) is 0 Å². The Bertz CT molecular complexity index is 938. The summed E-state index contributed by atoms with van der Waals surface area (Å²) in [4.78, 5) is 43.2. The number of carboxylic acid groups (broad SMARTS) is 4. The van der Waals surface area contributed by atoms with Crippen molar-refractivity contribution in [3.05, 3.63) is 62.4 Å². The molecule has 0 fully saturated rings. The molecular formula is C16H4Cl8O8. The smallest absolute Gasteiger partial charge is 0.338 e. The van der Waals surface area contributed by atoms with Crippen molar-refractivity contribution in [2.45, 2.75) is 0 Å². The third-order valence-electron chi connectivity index (χ3n) is 3.38. The molecular weight excluding hydrogens is 604 g/mol. The third-order valence-corrected chi connectivity index (χ3v) is 6.79. The molecule has 16 heteroatoms. The van der Waals surface area contributed by atoms with Crippen LogP contribution < -0.4 is 0 Å². The zero-order chi connectivity index (χ0) is 25.2. The normalized spacial score (nSPS) is 10.2. The van der Waals surface area contributed by atoms with Gasteiger partial charge in [0.15, 0.2) is 0 Å². The van der Waals surface area contributed by atoms with Crippen molar-refractivity contribution in [1.82, 2.24) is 0 Å². The van der Waals surface area contributed by atoms with Gasteiger partial charge in [-0.1, -0.05) is 92.8 Å². The fourth-order valence-electron chi connectivity index (χ4n) is 2.01. The van der Waals surface area contributed by atoms with E-state index in [1.165, 1.54) is 0 Å². The molecule has 0 atom stereocenters. The highest BCUT2D eigenvalue weighted by Crippen LogP contribution is 2.42. The molecule has 0 aliphatic rings. The Kier molecular flexibility index (Phi) is 10.0. The first-order chi connectivity index (χ1) is 14.6. The average Bonchev–Trinajstić information content (AvgIpc) is 2.65. The van der Waals surface area contributed by atoms with Gasteiger partial charge in [-0.3, -0.25) is 0 Å². The summed E-state index contributed by atoms with van der Waals surface area (Å²) in [5.74, 6) is -5.79. The number of halogens is 8. The van der Waals surface area contributed by atoms with Crippen LogP contribution in [-0.4, -0.2) is 44.3 Å². The minimum absolute atomic E-state index is 0.457. The standard InChI is InChI=1S/2C8H2Cl4O4/c2*9-3-1(7(13)14)4(10)6(12)2(5(3)11)8(15)16/h2*(H,13,14)(H,15,16). The molecule has 2 rings (SSSR count). The van der Waals surface area contributed by atoms with E-state index < -0.39 is 86.3 Å². The molecule has 8 nitrogen and oxygen atoms in total. The second-order valence-electron chi connectivity index (χ2n) is 5.23. The molecule has 0 radical (unpaired) electrons. The Balaban J connectivity index is 0.000000320. The summed E-state index contributed by atoms with van der Waals surface area (Å²) in [6.45, 7) is 0. The Labute approximate surface area is 217 Å². The average molecular weight is 608 g/mol. The molecule has 172 valence electrons. The van der Waals surface area contributed by atoms with Gasteiger partial charge in [-0.2, -0.15) is 0 Å². The van der Waals surface area contributed by atoms with Gasteiger partial charge in [-0.05, 0) is 0 Å². The number of benzene rings is 2. The number of carbonyl (C=O) groups is 4. The minimum atomic E-state index is -1.45. The van der Waals surface area contributed by atoms with Crippen LogP contribution in [0.15, 0.2) is 0 Å². The predicted molar refractivity (Wildman–Crippen MR) is 121 cm³/mol. The van der Waals surface area contributed by atoms with E-state index in [1.807, 2.05) is 0 Å². The van der Waals surface area contributed by atoms with Crippen molar-refractivity contribution in [1.29, 1.82) is 0 Å². The van der Waals surface area contributed by atoms with Gasteiger partial charge in [0, 0.05) is 0 Å². The van der Waals surface area contributed by atoms with Crippen molar-refractivity contribution < 1.29 is 39.6 Å². The Morgan fingerprint density at radius 2 is 0.438 bits per heavy atom. The van der Waals surface area contributed by atoms with Crippen LogP contribution in [0.4, 0.5) is 0 Å². The maximum atomic E-state index is 10.8. The SMILES string of the molecule is O=C(O)c1c(Cl)c(Cl)c(C(=O)O)c(Cl)c1Cl.O=C(O)c1c(Cl)c(Cl)c(C(=O)O)c(Cl)c1Cl. The largest absolute Gasteiger partial charge is 0.478 e. The molecule has 0 spiro atoms. The third kappa shape index (κ3) is 5.58. The van der Waals surface area contributed by atoms with Crippen molar-refractivity contribution in [3.8, 4) is 0 Å². The lowest BCUT2D eigenvalue weighted by molar-refractivity contribution is 0.0681. The molecule has 0 amide bonds. The second kappa shape index (κ2) is 11.2. The number of carboxylic acids is 4. The molecule has 32 heavy (non-hydrogen) atoms. The van der Waals surface area contributed by atoms with Gasteiger partial charge >= 0.3 is 23.9 Å². The molecule has 0 heterocycles. The zero-order valence-corrected chi connectivity index (χ0v) is 20.5. The second-order valence-corrected chi connectivity index (χ2v) is 8.26. The number of hydrogen-bond acceptors (Lipinski definition) is 4. The molecule has 2 aromatic rings. The van der Waals surface area contributed by atoms with Gasteiger partial charge in [-0.25, -0.2) is 19.2 Å². The highest BCUT2D eigenvalue weighted by atomic mass is 35.5. The topological polar surface area (TPSA) is 149 Å². The fraction of sp³-hybridized carbons (Fsp3) is 0. The number of aromatic carboxylic acids is 4. The van der Waals surface area contributed by atoms with Gasteiger partial charge in [0.25, 0.3) is 0 Å². The quantitative estimate of drug-likeness (QED) is 0.263. The lowest BCUT2D eigenvalue weighted by Gasteiger charge is -2.10. The summed E-state index contributed by atoms with van der Waals surface area (Å²) in [7, 11) is 0. The highest BCUT2D eigenvalue weighted by molar-refractivity contribution is 6.53. The molecule has 0 aliphatic carbocycles. The fourth-order valence-corrected chi connectivity index (χ4v) is 4.37. The van der Waals surface area contributed by atoms with Crippen molar-refractivity contribution in [2.75, 3.05) is 0 Å². The van der Waals surface area contributed by atoms with E-state index in [9.17, 15) is 19.2 Å². The van der Waals surface area contributed by atoms with Crippen LogP contribution in [0.3, 0.4) is 0 Å². The first kappa shape index (κ1) is 28.7. The van der Waals surface area contributed by atoms with E-state index >= 15 is 0 Å². The van der Waals surface area contributed by atoms with E-state index in [4.69, 9.17) is 113 Å². The van der Waals surface area contributed by atoms with Crippen LogP contribution in [0.2, 0.25) is 40.2 Å². The van der Waals surface area contributed by atoms with Crippen molar-refractivity contribution in [2.24, 2.45) is 0 Å². The van der Waals surface area contributed by atoms with Crippen LogP contribution in [0.1, 0.15) is 41.4 Å². The van der Waals surface area contributed by atoms with Gasteiger partial charge in [0.2, 0.25) is 0 Å². The molecule has 4 N–H and O–H groups in total. The molecule has 0 saturated heterocycles. The van der Waals surface area contributed by atoms with E-state index in [2.05, 4.69) is 0 Å². The number of hydrogen-bond donors (Lipinski definition) is 4. The van der Waals surface area contributed by atoms with E-state index in [-0.39, 0.29) is 0 Å². The summed E-state index contributed by atoms with van der Waals surface area (Å²) < 4.78 is 0. The first-order valence-corrected chi connectivity index (χ1v) is 10.2. The van der Waals surface area contributed by atoms with Gasteiger partial charge in [0.05, 0.1) is 62.4 Å². The highest BCUT2D eigenvalue weighted by Gasteiger charge is 2.28. The van der Waals surface area contributed by atoms with Gasteiger partial charge in [-0.15, -0.1) is 0 Å². The van der Waals surface area contributed by atoms with Crippen molar-refractivity contribution in [3.63, 3.8) is 0 Å². The van der Waals surface area contributed by atoms with Crippen molar-refractivity contribution >= 4 is 117 Å². The van der Waals surface area contributed by atoms with Crippen LogP contribution in [0, 0.1) is 0 Å². The molecule has 0 aromatic heterocycles. The zero-order valence-electron chi connectivity index (χ0n) is 14.4. The Morgan fingerprint density at radius 1 is 0.344 bits per heavy atom. The summed E-state index contributed by atoms with van der Waals surface area (Å²) in [6, 6.07) is 0. The molecule has 0 unspecified atom stereocenters. The maximum absolute atomic E-state index is 10.8. The Morgan fingerprint density at radius 3 is 0.500 bits per heavy atom. The molecule has 0 saturated carbocycles. The summed E-state index contributed by atoms with van der Waals surface area (Å²) in [6.07, 6.45) is 0.